The van der Waals surface area contributed by atoms with E-state index in [1.165, 1.54) is 12.8 Å². The Morgan fingerprint density at radius 3 is 2.55 bits per heavy atom. The molecule has 150 valence electrons. The van der Waals surface area contributed by atoms with Crippen molar-refractivity contribution in [2.45, 2.75) is 19.8 Å². The molecule has 0 bridgehead atoms. The number of carbonyl (C=O) groups excluding carboxylic acids is 1. The summed E-state index contributed by atoms with van der Waals surface area (Å²) in [4.78, 5) is 15.6. The predicted molar refractivity (Wildman–Crippen MR) is 123 cm³/mol. The van der Waals surface area contributed by atoms with Crippen molar-refractivity contribution in [3.05, 3.63) is 64.6 Å². The van der Waals surface area contributed by atoms with Gasteiger partial charge >= 0.3 is 0 Å². The van der Waals surface area contributed by atoms with Crippen LogP contribution < -0.4 is 15.0 Å². The highest BCUT2D eigenvalue weighted by molar-refractivity contribution is 9.10. The first-order valence-electron chi connectivity index (χ1n) is 9.99. The van der Waals surface area contributed by atoms with Crippen LogP contribution in [0.15, 0.2) is 59.1 Å². The summed E-state index contributed by atoms with van der Waals surface area (Å²) < 4.78 is 6.38. The number of carbonyl (C=O) groups is 1. The van der Waals surface area contributed by atoms with Gasteiger partial charge in [-0.25, -0.2) is 0 Å². The smallest absolute Gasteiger partial charge is 0.259 e. The normalized spacial score (nSPS) is 14.8. The summed E-state index contributed by atoms with van der Waals surface area (Å²) in [6.45, 7) is 4.33. The van der Waals surface area contributed by atoms with Crippen LogP contribution in [0.3, 0.4) is 0 Å². The highest BCUT2D eigenvalue weighted by Crippen LogP contribution is 2.37. The molecule has 0 radical (unpaired) electrons. The number of piperidine rings is 1. The van der Waals surface area contributed by atoms with E-state index in [1.807, 2.05) is 48.5 Å². The fourth-order valence-corrected chi connectivity index (χ4v) is 4.68. The van der Waals surface area contributed by atoms with Gasteiger partial charge in [-0.15, -0.1) is 0 Å². The number of nitrogens with one attached hydrogen (secondary N) is 1. The zero-order valence-corrected chi connectivity index (χ0v) is 18.3. The van der Waals surface area contributed by atoms with Gasteiger partial charge in [0, 0.05) is 13.1 Å². The second-order valence-corrected chi connectivity index (χ2v) is 8.43. The Morgan fingerprint density at radius 2 is 1.79 bits per heavy atom. The third-order valence-electron chi connectivity index (χ3n) is 5.67. The molecule has 0 aliphatic carbocycles. The topological polar surface area (TPSA) is 41.6 Å². The van der Waals surface area contributed by atoms with Gasteiger partial charge in [0.15, 0.2) is 0 Å². The number of benzene rings is 3. The van der Waals surface area contributed by atoms with E-state index in [4.69, 9.17) is 4.74 Å². The van der Waals surface area contributed by atoms with Crippen LogP contribution in [-0.4, -0.2) is 26.1 Å². The van der Waals surface area contributed by atoms with E-state index >= 15 is 0 Å². The molecule has 1 heterocycles. The SMILES string of the molecule is COc1c(C(=O)Nc2ccccc2N2CCC(C)CC2)cc2ccccc2c1Br. The second kappa shape index (κ2) is 8.46. The number of ether oxygens (including phenoxy) is 1. The van der Waals surface area contributed by atoms with E-state index in [9.17, 15) is 4.79 Å². The lowest BCUT2D eigenvalue weighted by atomic mass is 9.98. The molecule has 1 amide bonds. The molecule has 3 aromatic rings. The standard InChI is InChI=1S/C24H25BrN2O2/c1-16-11-13-27(14-12-16)21-10-6-5-9-20(21)26-24(28)19-15-17-7-3-4-8-18(17)22(25)23(19)29-2/h3-10,15-16H,11-14H2,1-2H3,(H,26,28). The van der Waals surface area contributed by atoms with Crippen LogP contribution in [0.2, 0.25) is 0 Å². The zero-order valence-electron chi connectivity index (χ0n) is 16.7. The Kier molecular flexibility index (Phi) is 5.76. The summed E-state index contributed by atoms with van der Waals surface area (Å²) in [6, 6.07) is 17.9. The lowest BCUT2D eigenvalue weighted by Crippen LogP contribution is -2.33. The number of fused-ring (bicyclic) bond motifs is 1. The van der Waals surface area contributed by atoms with Crippen LogP contribution in [0.4, 0.5) is 11.4 Å². The van der Waals surface area contributed by atoms with Gasteiger partial charge in [-0.1, -0.05) is 43.3 Å². The van der Waals surface area contributed by atoms with Gasteiger partial charge in [0.05, 0.1) is 28.5 Å². The van der Waals surface area contributed by atoms with Gasteiger partial charge < -0.3 is 15.0 Å². The lowest BCUT2D eigenvalue weighted by Gasteiger charge is -2.33. The maximum Gasteiger partial charge on any atom is 0.259 e. The van der Waals surface area contributed by atoms with Gasteiger partial charge in [-0.2, -0.15) is 0 Å². The molecule has 3 aromatic carbocycles. The molecule has 0 atom stereocenters. The Labute approximate surface area is 180 Å². The van der Waals surface area contributed by atoms with E-state index in [0.29, 0.717) is 11.3 Å². The number of amides is 1. The third-order valence-corrected chi connectivity index (χ3v) is 6.45. The Morgan fingerprint density at radius 1 is 1.10 bits per heavy atom. The van der Waals surface area contributed by atoms with Crippen molar-refractivity contribution in [1.82, 2.24) is 0 Å². The first kappa shape index (κ1) is 19.8. The summed E-state index contributed by atoms with van der Waals surface area (Å²) in [5, 5.41) is 5.13. The van der Waals surface area contributed by atoms with Gasteiger partial charge in [0.25, 0.3) is 5.91 Å². The molecular formula is C24H25BrN2O2. The number of nitrogens with zero attached hydrogens (tertiary/aromatic N) is 1. The number of hydrogen-bond acceptors (Lipinski definition) is 3. The van der Waals surface area contributed by atoms with Gasteiger partial charge in [0.2, 0.25) is 0 Å². The second-order valence-electron chi connectivity index (χ2n) is 7.63. The third kappa shape index (κ3) is 3.97. The van der Waals surface area contributed by atoms with Gasteiger partial charge in [0.1, 0.15) is 5.75 Å². The number of rotatable bonds is 4. The first-order valence-corrected chi connectivity index (χ1v) is 10.8. The summed E-state index contributed by atoms with van der Waals surface area (Å²) in [5.41, 5.74) is 2.42. The number of methoxy groups -OCH3 is 1. The Balaban J connectivity index is 1.67. The molecular weight excluding hydrogens is 428 g/mol. The molecule has 1 N–H and O–H groups in total. The van der Waals surface area contributed by atoms with E-state index in [1.54, 1.807) is 7.11 Å². The molecule has 0 saturated carbocycles. The van der Waals surface area contributed by atoms with E-state index in [2.05, 4.69) is 39.1 Å². The minimum atomic E-state index is -0.175. The highest BCUT2D eigenvalue weighted by Gasteiger charge is 2.22. The number of anilines is 2. The molecule has 0 unspecified atom stereocenters. The first-order chi connectivity index (χ1) is 14.1. The van der Waals surface area contributed by atoms with Crippen molar-refractivity contribution in [3.8, 4) is 5.75 Å². The van der Waals surface area contributed by atoms with Crippen LogP contribution in [0.25, 0.3) is 10.8 Å². The molecule has 1 saturated heterocycles. The quantitative estimate of drug-likeness (QED) is 0.519. The summed E-state index contributed by atoms with van der Waals surface area (Å²) in [5.74, 6) is 1.13. The lowest BCUT2D eigenvalue weighted by molar-refractivity contribution is 0.102. The predicted octanol–water partition coefficient (Wildman–Crippen LogP) is 6.10. The van der Waals surface area contributed by atoms with Crippen molar-refractivity contribution in [2.75, 3.05) is 30.4 Å². The Hall–Kier alpha value is -2.53. The van der Waals surface area contributed by atoms with Crippen molar-refractivity contribution < 1.29 is 9.53 Å². The zero-order chi connectivity index (χ0) is 20.4. The molecule has 4 rings (SSSR count). The number of para-hydroxylation sites is 2. The minimum absolute atomic E-state index is 0.175. The highest BCUT2D eigenvalue weighted by atomic mass is 79.9. The van der Waals surface area contributed by atoms with Crippen molar-refractivity contribution in [1.29, 1.82) is 0 Å². The molecule has 0 spiro atoms. The maximum absolute atomic E-state index is 13.2. The largest absolute Gasteiger partial charge is 0.495 e. The van der Waals surface area contributed by atoms with Crippen molar-refractivity contribution in [3.63, 3.8) is 0 Å². The molecule has 1 aliphatic heterocycles. The average Bonchev–Trinajstić information content (AvgIpc) is 2.75. The summed E-state index contributed by atoms with van der Waals surface area (Å²) in [7, 11) is 1.59. The number of halogens is 1. The summed E-state index contributed by atoms with van der Waals surface area (Å²) >= 11 is 3.62. The average molecular weight is 453 g/mol. The fourth-order valence-electron chi connectivity index (χ4n) is 3.95. The van der Waals surface area contributed by atoms with Gasteiger partial charge in [-0.3, -0.25) is 4.79 Å². The van der Waals surface area contributed by atoms with Gasteiger partial charge in [-0.05, 0) is 63.7 Å². The van der Waals surface area contributed by atoms with E-state index in [-0.39, 0.29) is 5.91 Å². The maximum atomic E-state index is 13.2. The minimum Gasteiger partial charge on any atom is -0.495 e. The monoisotopic (exact) mass is 452 g/mol. The molecule has 0 aromatic heterocycles. The molecule has 5 heteroatoms. The van der Waals surface area contributed by atoms with Crippen LogP contribution in [0.1, 0.15) is 30.1 Å². The van der Waals surface area contributed by atoms with E-state index in [0.717, 1.165) is 45.6 Å². The molecule has 1 fully saturated rings. The van der Waals surface area contributed by atoms with Crippen molar-refractivity contribution in [2.24, 2.45) is 5.92 Å². The van der Waals surface area contributed by atoms with Crippen LogP contribution >= 0.6 is 15.9 Å². The molecule has 1 aliphatic rings. The van der Waals surface area contributed by atoms with E-state index < -0.39 is 0 Å². The summed E-state index contributed by atoms with van der Waals surface area (Å²) in [6.07, 6.45) is 2.35. The Bertz CT molecular complexity index is 1040. The molecule has 4 nitrogen and oxygen atoms in total. The van der Waals surface area contributed by atoms with Crippen LogP contribution in [0, 0.1) is 5.92 Å². The van der Waals surface area contributed by atoms with Crippen molar-refractivity contribution >= 4 is 44.0 Å². The number of hydrogen-bond donors (Lipinski definition) is 1. The van der Waals surface area contributed by atoms with Crippen LogP contribution in [-0.2, 0) is 0 Å². The van der Waals surface area contributed by atoms with Crippen LogP contribution in [0.5, 0.6) is 5.75 Å². The fraction of sp³-hybridized carbons (Fsp3) is 0.292. The molecule has 29 heavy (non-hydrogen) atoms.